The van der Waals surface area contributed by atoms with Crippen molar-refractivity contribution in [3.63, 3.8) is 0 Å². The van der Waals surface area contributed by atoms with E-state index in [9.17, 15) is 18.3 Å². The molecule has 0 aromatic carbocycles. The van der Waals surface area contributed by atoms with Crippen molar-refractivity contribution in [2.75, 3.05) is 29.6 Å². The van der Waals surface area contributed by atoms with Gasteiger partial charge in [0.2, 0.25) is 21.9 Å². The third-order valence-electron chi connectivity index (χ3n) is 7.34. The van der Waals surface area contributed by atoms with E-state index in [4.69, 9.17) is 4.98 Å². The fourth-order valence-electron chi connectivity index (χ4n) is 5.36. The summed E-state index contributed by atoms with van der Waals surface area (Å²) in [6.07, 6.45) is 8.32. The summed E-state index contributed by atoms with van der Waals surface area (Å²) >= 11 is 0. The van der Waals surface area contributed by atoms with Gasteiger partial charge >= 0.3 is 0 Å². The number of fused-ring (bicyclic) bond motifs is 2. The molecular weight excluding hydrogens is 406 g/mol. The maximum Gasteiger partial charge on any atom is 0.239 e. The molecule has 2 aliphatic heterocycles. The van der Waals surface area contributed by atoms with Crippen molar-refractivity contribution < 1.29 is 18.3 Å². The minimum absolute atomic E-state index is 0.0533. The first-order valence-corrected chi connectivity index (χ1v) is 12.6. The van der Waals surface area contributed by atoms with Crippen LogP contribution in [0, 0.1) is 0 Å². The van der Waals surface area contributed by atoms with E-state index < -0.39 is 21.0 Å². The van der Waals surface area contributed by atoms with Crippen LogP contribution in [0.2, 0.25) is 0 Å². The summed E-state index contributed by atoms with van der Waals surface area (Å²) in [6, 6.07) is -0.180. The normalized spacial score (nSPS) is 31.4. The zero-order valence-corrected chi connectivity index (χ0v) is 18.3. The van der Waals surface area contributed by atoms with Crippen LogP contribution >= 0.6 is 0 Å². The molecule has 1 amide bonds. The number of amides is 1. The quantitative estimate of drug-likeness (QED) is 0.725. The maximum absolute atomic E-state index is 13.3. The Balaban J connectivity index is 1.39. The van der Waals surface area contributed by atoms with Crippen molar-refractivity contribution in [2.45, 2.75) is 75.0 Å². The highest BCUT2D eigenvalue weighted by atomic mass is 32.2. The van der Waals surface area contributed by atoms with E-state index in [1.165, 1.54) is 10.6 Å². The number of aliphatic hydroxyl groups is 1. The number of anilines is 2. The van der Waals surface area contributed by atoms with Gasteiger partial charge in [-0.25, -0.2) is 17.7 Å². The second-order valence-corrected chi connectivity index (χ2v) is 11.5. The molecule has 2 atom stereocenters. The van der Waals surface area contributed by atoms with Gasteiger partial charge in [-0.15, -0.1) is 0 Å². The summed E-state index contributed by atoms with van der Waals surface area (Å²) in [6.45, 7) is 2.76. The number of rotatable bonds is 4. The second kappa shape index (κ2) is 6.61. The molecule has 2 saturated carbocycles. The van der Waals surface area contributed by atoms with Crippen LogP contribution < -0.4 is 10.2 Å². The zero-order chi connectivity index (χ0) is 21.3. The number of hydrogen-bond donors (Lipinski definition) is 2. The molecule has 10 heteroatoms. The van der Waals surface area contributed by atoms with Crippen LogP contribution in [0.5, 0.6) is 0 Å². The number of nitrogens with one attached hydrogen (secondary N) is 1. The van der Waals surface area contributed by atoms with Crippen LogP contribution in [0.15, 0.2) is 6.20 Å². The van der Waals surface area contributed by atoms with E-state index in [0.29, 0.717) is 44.1 Å². The maximum atomic E-state index is 13.3. The highest BCUT2D eigenvalue weighted by molar-refractivity contribution is 7.88. The summed E-state index contributed by atoms with van der Waals surface area (Å²) in [5.41, 5.74) is -0.523. The number of aromatic nitrogens is 2. The number of carbonyl (C=O) groups excluding carboxylic acids is 1. The van der Waals surface area contributed by atoms with Gasteiger partial charge in [-0.05, 0) is 51.9 Å². The topological polar surface area (TPSA) is 116 Å². The summed E-state index contributed by atoms with van der Waals surface area (Å²) in [5.74, 6) is 1.15. The molecule has 164 valence electrons. The van der Waals surface area contributed by atoms with E-state index in [1.54, 1.807) is 11.1 Å². The van der Waals surface area contributed by atoms with Crippen molar-refractivity contribution in [3.8, 4) is 0 Å². The molecular formula is C20H29N5O4S. The molecule has 3 heterocycles. The first kappa shape index (κ1) is 20.1. The van der Waals surface area contributed by atoms with Gasteiger partial charge in [-0.2, -0.15) is 4.98 Å². The Hall–Kier alpha value is -1.78. The number of sulfonamides is 1. The number of hydrogen-bond acceptors (Lipinski definition) is 7. The smallest absolute Gasteiger partial charge is 0.239 e. The average molecular weight is 436 g/mol. The van der Waals surface area contributed by atoms with Crippen molar-refractivity contribution in [1.82, 2.24) is 14.3 Å². The van der Waals surface area contributed by atoms with Crippen LogP contribution in [0.25, 0.3) is 0 Å². The predicted molar refractivity (Wildman–Crippen MR) is 112 cm³/mol. The average Bonchev–Trinajstić information content (AvgIpc) is 3.36. The highest BCUT2D eigenvalue weighted by Gasteiger charge is 2.63. The fraction of sp³-hybridized carbons (Fsp3) is 0.750. The molecule has 2 unspecified atom stereocenters. The Labute approximate surface area is 176 Å². The highest BCUT2D eigenvalue weighted by Crippen LogP contribution is 2.58. The first-order valence-electron chi connectivity index (χ1n) is 10.8. The van der Waals surface area contributed by atoms with Crippen molar-refractivity contribution in [1.29, 1.82) is 0 Å². The van der Waals surface area contributed by atoms with E-state index in [2.05, 4.69) is 10.3 Å². The molecule has 9 nitrogen and oxygen atoms in total. The van der Waals surface area contributed by atoms with Crippen LogP contribution in [0.3, 0.4) is 0 Å². The Bertz CT molecular complexity index is 983. The van der Waals surface area contributed by atoms with Crippen LogP contribution in [0.4, 0.5) is 11.8 Å². The van der Waals surface area contributed by atoms with Gasteiger partial charge in [0.05, 0.1) is 23.3 Å². The van der Waals surface area contributed by atoms with E-state index in [-0.39, 0.29) is 18.0 Å². The monoisotopic (exact) mass is 435 g/mol. The second-order valence-electron chi connectivity index (χ2n) is 9.53. The molecule has 30 heavy (non-hydrogen) atoms. The fourth-order valence-corrected chi connectivity index (χ4v) is 6.23. The Morgan fingerprint density at radius 3 is 2.47 bits per heavy atom. The summed E-state index contributed by atoms with van der Waals surface area (Å²) in [7, 11) is -3.16. The molecule has 0 radical (unpaired) electrons. The standard InChI is InChI=1S/C20H29N5O4S/c1-19(27)7-3-4-15(19)25-16-14(20(8-9-20)17(25)26)12-21-18(23-16)22-13-5-10-24(11-6-13)30(2,28)29/h12-13,15,27H,3-11H2,1-2H3,(H,21,22,23). The third-order valence-corrected chi connectivity index (χ3v) is 8.64. The minimum Gasteiger partial charge on any atom is -0.388 e. The number of nitrogens with zero attached hydrogens (tertiary/aromatic N) is 4. The summed E-state index contributed by atoms with van der Waals surface area (Å²) in [4.78, 5) is 24.3. The summed E-state index contributed by atoms with van der Waals surface area (Å²) in [5, 5.41) is 14.2. The van der Waals surface area contributed by atoms with Crippen molar-refractivity contribution in [3.05, 3.63) is 11.8 Å². The van der Waals surface area contributed by atoms with Crippen molar-refractivity contribution in [2.24, 2.45) is 0 Å². The largest absolute Gasteiger partial charge is 0.388 e. The van der Waals surface area contributed by atoms with Gasteiger partial charge in [-0.1, -0.05) is 0 Å². The van der Waals surface area contributed by atoms with Crippen molar-refractivity contribution >= 4 is 27.7 Å². The lowest BCUT2D eigenvalue weighted by Crippen LogP contribution is -2.50. The Kier molecular flexibility index (Phi) is 4.44. The predicted octanol–water partition coefficient (Wildman–Crippen LogP) is 0.994. The molecule has 1 saturated heterocycles. The lowest BCUT2D eigenvalue weighted by atomic mass is 9.98. The summed E-state index contributed by atoms with van der Waals surface area (Å²) < 4.78 is 24.9. The molecule has 2 N–H and O–H groups in total. The molecule has 5 rings (SSSR count). The Morgan fingerprint density at radius 1 is 1.20 bits per heavy atom. The molecule has 2 aliphatic carbocycles. The molecule has 1 spiro atoms. The zero-order valence-electron chi connectivity index (χ0n) is 17.5. The lowest BCUT2D eigenvalue weighted by Gasteiger charge is -2.34. The van der Waals surface area contributed by atoms with Gasteiger partial charge in [0.1, 0.15) is 5.82 Å². The number of piperidine rings is 1. The SMILES string of the molecule is CC1(O)CCCC1N1C(=O)C2(CC2)c2cnc(NC3CCN(S(C)(=O)=O)CC3)nc21. The Morgan fingerprint density at radius 2 is 1.90 bits per heavy atom. The molecule has 1 aromatic rings. The van der Waals surface area contributed by atoms with E-state index in [1.807, 2.05) is 6.92 Å². The van der Waals surface area contributed by atoms with Gasteiger partial charge in [0.25, 0.3) is 0 Å². The van der Waals surface area contributed by atoms with Gasteiger partial charge in [0.15, 0.2) is 0 Å². The van der Waals surface area contributed by atoms with Gasteiger partial charge < -0.3 is 10.4 Å². The molecule has 4 aliphatic rings. The molecule has 3 fully saturated rings. The lowest BCUT2D eigenvalue weighted by molar-refractivity contribution is -0.121. The van der Waals surface area contributed by atoms with E-state index in [0.717, 1.165) is 31.2 Å². The van der Waals surface area contributed by atoms with Gasteiger partial charge in [-0.3, -0.25) is 9.69 Å². The molecule has 0 bridgehead atoms. The van der Waals surface area contributed by atoms with Gasteiger partial charge in [0, 0.05) is 30.9 Å². The molecule has 1 aromatic heterocycles. The first-order chi connectivity index (χ1) is 14.1. The number of carbonyl (C=O) groups is 1. The third kappa shape index (κ3) is 3.11. The van der Waals surface area contributed by atoms with Crippen LogP contribution in [0.1, 0.15) is 57.4 Å². The van der Waals surface area contributed by atoms with Crippen LogP contribution in [-0.2, 0) is 20.2 Å². The minimum atomic E-state index is -3.16. The van der Waals surface area contributed by atoms with Crippen LogP contribution in [-0.4, -0.2) is 70.7 Å². The van der Waals surface area contributed by atoms with E-state index >= 15 is 0 Å².